The molecule has 1 saturated heterocycles. The summed E-state index contributed by atoms with van der Waals surface area (Å²) in [5.41, 5.74) is 7.49. The summed E-state index contributed by atoms with van der Waals surface area (Å²) in [4.78, 5) is 25.0. The molecule has 1 aliphatic rings. The standard InChI is InChI=1S/C18H27N3O3/c1-13-4-3-5-16(14(13)2)24-11-8-18(23)20-15-6-9-21(10-7-15)12-17(19)22/h3-5,15H,6-12H2,1-2H3,(H2,19,22)(H,20,23). The third kappa shape index (κ3) is 5.53. The van der Waals surface area contributed by atoms with E-state index in [1.165, 1.54) is 5.56 Å². The summed E-state index contributed by atoms with van der Waals surface area (Å²) in [7, 11) is 0. The molecule has 24 heavy (non-hydrogen) atoms. The van der Waals surface area contributed by atoms with Crippen molar-refractivity contribution in [3.63, 3.8) is 0 Å². The zero-order valence-electron chi connectivity index (χ0n) is 14.5. The van der Waals surface area contributed by atoms with Gasteiger partial charge in [0.25, 0.3) is 0 Å². The number of carbonyl (C=O) groups is 2. The van der Waals surface area contributed by atoms with Gasteiger partial charge in [-0.05, 0) is 43.9 Å². The number of nitrogens with two attached hydrogens (primary N) is 1. The Kier molecular flexibility index (Phi) is 6.61. The maximum atomic E-state index is 12.0. The fourth-order valence-corrected chi connectivity index (χ4v) is 2.89. The number of nitrogens with one attached hydrogen (secondary N) is 1. The molecule has 1 aromatic rings. The van der Waals surface area contributed by atoms with Crippen molar-refractivity contribution in [2.75, 3.05) is 26.2 Å². The van der Waals surface area contributed by atoms with Gasteiger partial charge in [0, 0.05) is 19.1 Å². The van der Waals surface area contributed by atoms with Crippen molar-refractivity contribution in [1.82, 2.24) is 10.2 Å². The Morgan fingerprint density at radius 2 is 2.00 bits per heavy atom. The van der Waals surface area contributed by atoms with Gasteiger partial charge in [-0.15, -0.1) is 0 Å². The largest absolute Gasteiger partial charge is 0.493 e. The molecule has 0 aromatic heterocycles. The second-order valence-electron chi connectivity index (χ2n) is 6.38. The Morgan fingerprint density at radius 1 is 1.29 bits per heavy atom. The Morgan fingerprint density at radius 3 is 2.67 bits per heavy atom. The fraction of sp³-hybridized carbons (Fsp3) is 0.556. The van der Waals surface area contributed by atoms with Crippen molar-refractivity contribution in [2.24, 2.45) is 5.73 Å². The summed E-state index contributed by atoms with van der Waals surface area (Å²) in [5.74, 6) is 0.539. The highest BCUT2D eigenvalue weighted by atomic mass is 16.5. The van der Waals surface area contributed by atoms with Crippen molar-refractivity contribution in [3.05, 3.63) is 29.3 Å². The van der Waals surface area contributed by atoms with E-state index in [4.69, 9.17) is 10.5 Å². The SMILES string of the molecule is Cc1cccc(OCCC(=O)NC2CCN(CC(N)=O)CC2)c1C. The van der Waals surface area contributed by atoms with Crippen LogP contribution < -0.4 is 15.8 Å². The van der Waals surface area contributed by atoms with E-state index < -0.39 is 0 Å². The molecule has 6 heteroatoms. The molecule has 2 rings (SSSR count). The lowest BCUT2D eigenvalue weighted by Crippen LogP contribution is -2.46. The van der Waals surface area contributed by atoms with Gasteiger partial charge in [0.2, 0.25) is 11.8 Å². The first-order valence-electron chi connectivity index (χ1n) is 8.44. The highest BCUT2D eigenvalue weighted by Crippen LogP contribution is 2.20. The van der Waals surface area contributed by atoms with E-state index in [2.05, 4.69) is 5.32 Å². The van der Waals surface area contributed by atoms with Crippen LogP contribution in [0.5, 0.6) is 5.75 Å². The minimum absolute atomic E-state index is 0.00802. The quantitative estimate of drug-likeness (QED) is 0.783. The number of amides is 2. The molecule has 2 amide bonds. The van der Waals surface area contributed by atoms with Crippen molar-refractivity contribution in [1.29, 1.82) is 0 Å². The average molecular weight is 333 g/mol. The Hall–Kier alpha value is -2.08. The number of hydrogen-bond acceptors (Lipinski definition) is 4. The molecule has 3 N–H and O–H groups in total. The van der Waals surface area contributed by atoms with Gasteiger partial charge in [0.05, 0.1) is 19.6 Å². The van der Waals surface area contributed by atoms with Crippen LogP contribution in [0.3, 0.4) is 0 Å². The van der Waals surface area contributed by atoms with E-state index in [1.807, 2.05) is 36.9 Å². The minimum Gasteiger partial charge on any atom is -0.493 e. The number of aryl methyl sites for hydroxylation is 1. The molecular weight excluding hydrogens is 306 g/mol. The number of rotatable bonds is 7. The Balaban J connectivity index is 1.67. The summed E-state index contributed by atoms with van der Waals surface area (Å²) in [6.45, 7) is 6.30. The third-order valence-electron chi connectivity index (χ3n) is 4.47. The van der Waals surface area contributed by atoms with Crippen LogP contribution in [-0.4, -0.2) is 49.0 Å². The second kappa shape index (κ2) is 8.68. The number of carbonyl (C=O) groups excluding carboxylic acids is 2. The highest BCUT2D eigenvalue weighted by Gasteiger charge is 2.21. The molecule has 0 bridgehead atoms. The molecule has 0 saturated carbocycles. The van der Waals surface area contributed by atoms with Crippen molar-refractivity contribution in [3.8, 4) is 5.75 Å². The maximum Gasteiger partial charge on any atom is 0.231 e. The molecule has 0 atom stereocenters. The Bertz CT molecular complexity index is 581. The van der Waals surface area contributed by atoms with E-state index in [9.17, 15) is 9.59 Å². The average Bonchev–Trinajstić information content (AvgIpc) is 2.53. The van der Waals surface area contributed by atoms with Crippen LogP contribution in [0.1, 0.15) is 30.4 Å². The number of likely N-dealkylation sites (tertiary alicyclic amines) is 1. The molecule has 1 fully saturated rings. The number of benzene rings is 1. The molecule has 0 spiro atoms. The third-order valence-corrected chi connectivity index (χ3v) is 4.47. The molecule has 6 nitrogen and oxygen atoms in total. The fourth-order valence-electron chi connectivity index (χ4n) is 2.89. The molecule has 1 heterocycles. The number of hydrogen-bond donors (Lipinski definition) is 2. The number of piperidine rings is 1. The smallest absolute Gasteiger partial charge is 0.231 e. The second-order valence-corrected chi connectivity index (χ2v) is 6.38. The number of primary amides is 1. The van der Waals surface area contributed by atoms with E-state index in [0.717, 1.165) is 37.2 Å². The van der Waals surface area contributed by atoms with Gasteiger partial charge in [0.15, 0.2) is 0 Å². The summed E-state index contributed by atoms with van der Waals surface area (Å²) < 4.78 is 5.72. The summed E-state index contributed by atoms with van der Waals surface area (Å²) >= 11 is 0. The van der Waals surface area contributed by atoms with Gasteiger partial charge in [-0.3, -0.25) is 14.5 Å². The molecule has 0 radical (unpaired) electrons. The lowest BCUT2D eigenvalue weighted by Gasteiger charge is -2.31. The van der Waals surface area contributed by atoms with Crippen molar-refractivity contribution >= 4 is 11.8 Å². The summed E-state index contributed by atoms with van der Waals surface area (Å²) in [6, 6.07) is 6.09. The van der Waals surface area contributed by atoms with Gasteiger partial charge >= 0.3 is 0 Å². The van der Waals surface area contributed by atoms with Crippen LogP contribution >= 0.6 is 0 Å². The molecule has 0 unspecified atom stereocenters. The van der Waals surface area contributed by atoms with Crippen LogP contribution in [0.25, 0.3) is 0 Å². The van der Waals surface area contributed by atoms with Crippen LogP contribution in [0.15, 0.2) is 18.2 Å². The van der Waals surface area contributed by atoms with Crippen molar-refractivity contribution in [2.45, 2.75) is 39.2 Å². The monoisotopic (exact) mass is 333 g/mol. The molecule has 1 aromatic carbocycles. The van der Waals surface area contributed by atoms with Crippen LogP contribution in [0.4, 0.5) is 0 Å². The van der Waals surface area contributed by atoms with E-state index >= 15 is 0 Å². The van der Waals surface area contributed by atoms with Crippen LogP contribution in [0.2, 0.25) is 0 Å². The normalized spacial score (nSPS) is 15.9. The zero-order valence-corrected chi connectivity index (χ0v) is 14.5. The first-order chi connectivity index (χ1) is 11.5. The van der Waals surface area contributed by atoms with Gasteiger partial charge in [-0.2, -0.15) is 0 Å². The first kappa shape index (κ1) is 18.3. The minimum atomic E-state index is -0.305. The Labute approximate surface area is 143 Å². The summed E-state index contributed by atoms with van der Waals surface area (Å²) in [6.07, 6.45) is 2.03. The predicted octanol–water partition coefficient (Wildman–Crippen LogP) is 1.14. The topological polar surface area (TPSA) is 84.7 Å². The number of ether oxygens (including phenoxy) is 1. The first-order valence-corrected chi connectivity index (χ1v) is 8.44. The maximum absolute atomic E-state index is 12.0. The predicted molar refractivity (Wildman–Crippen MR) is 92.8 cm³/mol. The lowest BCUT2D eigenvalue weighted by molar-refractivity contribution is -0.123. The molecular formula is C18H27N3O3. The lowest BCUT2D eigenvalue weighted by atomic mass is 10.0. The number of nitrogens with zero attached hydrogens (tertiary/aromatic N) is 1. The molecule has 0 aliphatic carbocycles. The van der Waals surface area contributed by atoms with Gasteiger partial charge in [-0.1, -0.05) is 12.1 Å². The summed E-state index contributed by atoms with van der Waals surface area (Å²) in [5, 5.41) is 3.04. The van der Waals surface area contributed by atoms with Crippen molar-refractivity contribution < 1.29 is 14.3 Å². The molecule has 132 valence electrons. The van der Waals surface area contributed by atoms with Crippen LogP contribution in [-0.2, 0) is 9.59 Å². The van der Waals surface area contributed by atoms with Crippen LogP contribution in [0, 0.1) is 13.8 Å². The van der Waals surface area contributed by atoms with E-state index in [-0.39, 0.29) is 17.9 Å². The molecule has 1 aliphatic heterocycles. The zero-order chi connectivity index (χ0) is 17.5. The van der Waals surface area contributed by atoms with Gasteiger partial charge < -0.3 is 15.8 Å². The van der Waals surface area contributed by atoms with Gasteiger partial charge in [-0.25, -0.2) is 0 Å². The van der Waals surface area contributed by atoms with E-state index in [1.54, 1.807) is 0 Å². The van der Waals surface area contributed by atoms with E-state index in [0.29, 0.717) is 19.6 Å². The van der Waals surface area contributed by atoms with Gasteiger partial charge in [0.1, 0.15) is 5.75 Å². The highest BCUT2D eigenvalue weighted by molar-refractivity contribution is 5.76.